The SMILES string of the molecule is COC(=O)Nc1ccc(C(=O)N[C@@H](CCC(F)(F)F)C(=O)N2CCC[C@@]3(C2)OC(=O)Nc2ccc(Cl)c(F)c23)cc1. The molecule has 0 aliphatic carbocycles. The highest BCUT2D eigenvalue weighted by atomic mass is 35.5. The van der Waals surface area contributed by atoms with Gasteiger partial charge in [0, 0.05) is 24.2 Å². The van der Waals surface area contributed by atoms with Gasteiger partial charge in [-0.3, -0.25) is 20.2 Å². The van der Waals surface area contributed by atoms with Crippen molar-refractivity contribution >= 4 is 47.0 Å². The van der Waals surface area contributed by atoms with E-state index in [0.29, 0.717) is 5.69 Å². The van der Waals surface area contributed by atoms with Crippen molar-refractivity contribution in [2.24, 2.45) is 0 Å². The lowest BCUT2D eigenvalue weighted by Gasteiger charge is -2.45. The molecule has 0 unspecified atom stereocenters. The van der Waals surface area contributed by atoms with Crippen LogP contribution in [0.4, 0.5) is 38.5 Å². The van der Waals surface area contributed by atoms with Crippen molar-refractivity contribution in [1.82, 2.24) is 10.2 Å². The molecule has 1 saturated heterocycles. The van der Waals surface area contributed by atoms with Gasteiger partial charge < -0.3 is 19.7 Å². The third-order valence-corrected chi connectivity index (χ3v) is 7.03. The molecule has 1 spiro atoms. The monoisotopic (exact) mass is 600 g/mol. The second kappa shape index (κ2) is 11.8. The molecule has 0 radical (unpaired) electrons. The minimum absolute atomic E-state index is 0.0123. The van der Waals surface area contributed by atoms with Crippen molar-refractivity contribution in [1.29, 1.82) is 0 Å². The zero-order valence-electron chi connectivity index (χ0n) is 21.6. The summed E-state index contributed by atoms with van der Waals surface area (Å²) in [5.74, 6) is -2.55. The molecule has 2 heterocycles. The van der Waals surface area contributed by atoms with E-state index in [-0.39, 0.29) is 47.8 Å². The van der Waals surface area contributed by atoms with Gasteiger partial charge in [-0.25, -0.2) is 14.0 Å². The number of ether oxygens (including phenoxy) is 2. The molecule has 15 heteroatoms. The van der Waals surface area contributed by atoms with Crippen LogP contribution >= 0.6 is 11.6 Å². The molecule has 4 amide bonds. The molecule has 2 aliphatic rings. The fourth-order valence-electron chi connectivity index (χ4n) is 4.86. The van der Waals surface area contributed by atoms with Crippen LogP contribution in [0.5, 0.6) is 0 Å². The van der Waals surface area contributed by atoms with Crippen molar-refractivity contribution in [2.45, 2.75) is 43.5 Å². The minimum atomic E-state index is -4.61. The van der Waals surface area contributed by atoms with Crippen LogP contribution in [-0.4, -0.2) is 61.3 Å². The highest BCUT2D eigenvalue weighted by Crippen LogP contribution is 2.45. The number of carbonyl (C=O) groups is 4. The summed E-state index contributed by atoms with van der Waals surface area (Å²) in [7, 11) is 1.17. The fourth-order valence-corrected chi connectivity index (χ4v) is 5.02. The Morgan fingerprint density at radius 2 is 1.90 bits per heavy atom. The maximum Gasteiger partial charge on any atom is 0.412 e. The van der Waals surface area contributed by atoms with E-state index in [4.69, 9.17) is 16.3 Å². The summed E-state index contributed by atoms with van der Waals surface area (Å²) in [6.07, 6.45) is -8.03. The van der Waals surface area contributed by atoms with Gasteiger partial charge in [0.25, 0.3) is 5.91 Å². The quantitative estimate of drug-likeness (QED) is 0.393. The van der Waals surface area contributed by atoms with Gasteiger partial charge in [0.2, 0.25) is 5.91 Å². The average Bonchev–Trinajstić information content (AvgIpc) is 2.92. The van der Waals surface area contributed by atoms with E-state index in [9.17, 15) is 32.3 Å². The molecular formula is C26H25ClF4N4O6. The zero-order valence-corrected chi connectivity index (χ0v) is 22.3. The van der Waals surface area contributed by atoms with Crippen LogP contribution in [0.1, 0.15) is 41.6 Å². The molecule has 10 nitrogen and oxygen atoms in total. The number of anilines is 2. The predicted molar refractivity (Wildman–Crippen MR) is 138 cm³/mol. The van der Waals surface area contributed by atoms with E-state index in [0.717, 1.165) is 4.90 Å². The lowest BCUT2D eigenvalue weighted by atomic mass is 9.82. The lowest BCUT2D eigenvalue weighted by Crippen LogP contribution is -2.57. The number of hydrogen-bond acceptors (Lipinski definition) is 6. The molecule has 2 atom stereocenters. The summed E-state index contributed by atoms with van der Waals surface area (Å²) in [5.41, 5.74) is -1.30. The van der Waals surface area contributed by atoms with E-state index in [2.05, 4.69) is 20.7 Å². The minimum Gasteiger partial charge on any atom is -0.453 e. The molecule has 41 heavy (non-hydrogen) atoms. The van der Waals surface area contributed by atoms with Crippen molar-refractivity contribution in [3.63, 3.8) is 0 Å². The van der Waals surface area contributed by atoms with Crippen molar-refractivity contribution in [3.8, 4) is 0 Å². The Morgan fingerprint density at radius 1 is 1.20 bits per heavy atom. The number of amides is 4. The van der Waals surface area contributed by atoms with Gasteiger partial charge in [0.05, 0.1) is 29.9 Å². The number of nitrogens with zero attached hydrogens (tertiary/aromatic N) is 1. The number of likely N-dealkylation sites (tertiary alicyclic amines) is 1. The van der Waals surface area contributed by atoms with E-state index >= 15 is 4.39 Å². The molecule has 4 rings (SSSR count). The Labute approximate surface area is 236 Å². The van der Waals surface area contributed by atoms with Gasteiger partial charge in [-0.05, 0) is 55.7 Å². The molecule has 2 aromatic carbocycles. The largest absolute Gasteiger partial charge is 0.453 e. The predicted octanol–water partition coefficient (Wildman–Crippen LogP) is 5.18. The topological polar surface area (TPSA) is 126 Å². The Bertz CT molecular complexity index is 1360. The van der Waals surface area contributed by atoms with Gasteiger partial charge in [-0.15, -0.1) is 0 Å². The first-order valence-electron chi connectivity index (χ1n) is 12.4. The number of piperidine rings is 1. The molecule has 1 fully saturated rings. The number of fused-ring (bicyclic) bond motifs is 2. The smallest absolute Gasteiger partial charge is 0.412 e. The number of benzene rings is 2. The number of rotatable bonds is 6. The van der Waals surface area contributed by atoms with E-state index in [1.54, 1.807) is 0 Å². The summed E-state index contributed by atoms with van der Waals surface area (Å²) in [4.78, 5) is 51.3. The first kappa shape index (κ1) is 29.9. The Balaban J connectivity index is 1.57. The maximum absolute atomic E-state index is 15.2. The number of carbonyl (C=O) groups excluding carboxylic acids is 4. The first-order chi connectivity index (χ1) is 19.3. The fraction of sp³-hybridized carbons (Fsp3) is 0.385. The molecule has 0 bridgehead atoms. The molecule has 2 aromatic rings. The molecule has 2 aliphatic heterocycles. The standard InChI is InChI=1S/C26H25ClF4N4O6/c1-40-23(38)32-15-5-3-14(4-6-15)21(36)33-18(9-11-26(29,30)31)22(37)35-12-2-10-25(13-35)19-17(34-24(39)41-25)8-7-16(27)20(19)28/h3-8,18H,2,9-13H2,1H3,(H,32,38)(H,33,36)(H,34,39)/t18-,25-/m0/s1. The summed E-state index contributed by atoms with van der Waals surface area (Å²) in [6.45, 7) is -0.300. The van der Waals surface area contributed by atoms with Crippen molar-refractivity contribution < 1.29 is 46.2 Å². The Morgan fingerprint density at radius 3 is 2.56 bits per heavy atom. The van der Waals surface area contributed by atoms with Crippen molar-refractivity contribution in [3.05, 3.63) is 58.4 Å². The number of halogens is 5. The Hall–Kier alpha value is -4.07. The molecular weight excluding hydrogens is 576 g/mol. The van der Waals surface area contributed by atoms with Gasteiger partial charge in [-0.1, -0.05) is 11.6 Å². The number of nitrogens with one attached hydrogen (secondary N) is 3. The number of hydrogen-bond donors (Lipinski definition) is 3. The summed E-state index contributed by atoms with van der Waals surface area (Å²) < 4.78 is 64.6. The van der Waals surface area contributed by atoms with Crippen LogP contribution in [0.25, 0.3) is 0 Å². The first-order valence-corrected chi connectivity index (χ1v) is 12.8. The number of methoxy groups -OCH3 is 1. The van der Waals surface area contributed by atoms with Gasteiger partial charge >= 0.3 is 18.4 Å². The summed E-state index contributed by atoms with van der Waals surface area (Å²) >= 11 is 5.97. The Kier molecular flexibility index (Phi) is 8.61. The van der Waals surface area contributed by atoms with Crippen LogP contribution in [0, 0.1) is 5.82 Å². The molecule has 220 valence electrons. The van der Waals surface area contributed by atoms with Gasteiger partial charge in [0.15, 0.2) is 11.4 Å². The van der Waals surface area contributed by atoms with Gasteiger partial charge in [0.1, 0.15) is 6.04 Å². The van der Waals surface area contributed by atoms with E-state index in [1.807, 2.05) is 0 Å². The average molecular weight is 601 g/mol. The summed E-state index contributed by atoms with van der Waals surface area (Å²) in [6, 6.07) is 6.39. The number of alkyl halides is 3. The van der Waals surface area contributed by atoms with Crippen LogP contribution < -0.4 is 16.0 Å². The second-order valence-electron chi connectivity index (χ2n) is 9.53. The summed E-state index contributed by atoms with van der Waals surface area (Å²) in [5, 5.41) is 6.89. The van der Waals surface area contributed by atoms with Crippen LogP contribution in [0.3, 0.4) is 0 Å². The van der Waals surface area contributed by atoms with Crippen LogP contribution in [-0.2, 0) is 19.9 Å². The molecule has 0 aromatic heterocycles. The third kappa shape index (κ3) is 6.81. The third-order valence-electron chi connectivity index (χ3n) is 6.74. The maximum atomic E-state index is 15.2. The highest BCUT2D eigenvalue weighted by Gasteiger charge is 2.49. The lowest BCUT2D eigenvalue weighted by molar-refractivity contribution is -0.147. The highest BCUT2D eigenvalue weighted by molar-refractivity contribution is 6.31. The van der Waals surface area contributed by atoms with Crippen LogP contribution in [0.2, 0.25) is 5.02 Å². The van der Waals surface area contributed by atoms with E-state index < -0.39 is 60.5 Å². The van der Waals surface area contributed by atoms with Gasteiger partial charge in [-0.2, -0.15) is 13.2 Å². The van der Waals surface area contributed by atoms with Crippen molar-refractivity contribution in [2.75, 3.05) is 30.8 Å². The van der Waals surface area contributed by atoms with E-state index in [1.165, 1.54) is 43.5 Å². The molecule has 3 N–H and O–H groups in total. The second-order valence-corrected chi connectivity index (χ2v) is 9.94. The normalized spacial score (nSPS) is 19.0. The molecule has 0 saturated carbocycles. The van der Waals surface area contributed by atoms with Crippen LogP contribution in [0.15, 0.2) is 36.4 Å². The zero-order chi connectivity index (χ0) is 29.9.